The number of hydrogen-bond donors (Lipinski definition) is 1. The van der Waals surface area contributed by atoms with Gasteiger partial charge in [-0.1, -0.05) is 17.7 Å². The topological polar surface area (TPSA) is 64.0 Å². The summed E-state index contributed by atoms with van der Waals surface area (Å²) in [4.78, 5) is 0.366. The van der Waals surface area contributed by atoms with Crippen molar-refractivity contribution in [2.24, 2.45) is 7.05 Å². The Morgan fingerprint density at radius 3 is 2.30 bits per heavy atom. The van der Waals surface area contributed by atoms with Gasteiger partial charge in [-0.15, -0.1) is 0 Å². The lowest BCUT2D eigenvalue weighted by atomic mass is 10.1. The molecule has 1 N–H and O–H groups in total. The minimum atomic E-state index is -3.52. The lowest BCUT2D eigenvalue weighted by molar-refractivity contribution is 0.576. The van der Waals surface area contributed by atoms with Crippen molar-refractivity contribution in [2.45, 2.75) is 32.2 Å². The summed E-state index contributed by atoms with van der Waals surface area (Å²) < 4.78 is 29.2. The van der Waals surface area contributed by atoms with E-state index >= 15 is 0 Å². The van der Waals surface area contributed by atoms with Crippen LogP contribution in [-0.4, -0.2) is 18.2 Å². The van der Waals surface area contributed by atoms with Crippen LogP contribution < -0.4 is 4.72 Å². The first-order valence-electron chi connectivity index (χ1n) is 6.35. The van der Waals surface area contributed by atoms with Crippen molar-refractivity contribution in [3.05, 3.63) is 46.8 Å². The highest BCUT2D eigenvalue weighted by Crippen LogP contribution is 2.21. The molecule has 0 radical (unpaired) electrons. The molecule has 0 saturated carbocycles. The Morgan fingerprint density at radius 2 is 1.80 bits per heavy atom. The maximum atomic E-state index is 12.5. The fourth-order valence-corrected chi connectivity index (χ4v) is 3.85. The van der Waals surface area contributed by atoms with Crippen molar-refractivity contribution < 1.29 is 8.42 Å². The summed E-state index contributed by atoms with van der Waals surface area (Å²) in [6, 6.07) is 5.55. The number of sulfonamides is 1. The highest BCUT2D eigenvalue weighted by molar-refractivity contribution is 7.89. The molecular formula is C14H19N3O2S. The molecule has 0 aliphatic heterocycles. The second kappa shape index (κ2) is 5.38. The van der Waals surface area contributed by atoms with Crippen molar-refractivity contribution in [3.8, 4) is 0 Å². The van der Waals surface area contributed by atoms with Gasteiger partial charge in [0, 0.05) is 13.2 Å². The summed E-state index contributed by atoms with van der Waals surface area (Å²) >= 11 is 0. The van der Waals surface area contributed by atoms with Gasteiger partial charge in [0.1, 0.15) is 0 Å². The van der Waals surface area contributed by atoms with Crippen LogP contribution in [0.5, 0.6) is 0 Å². The smallest absolute Gasteiger partial charge is 0.241 e. The van der Waals surface area contributed by atoms with E-state index in [0.29, 0.717) is 4.90 Å². The number of hydrogen-bond acceptors (Lipinski definition) is 3. The quantitative estimate of drug-likeness (QED) is 0.935. The minimum absolute atomic E-state index is 0.228. The number of aromatic nitrogens is 2. The van der Waals surface area contributed by atoms with Gasteiger partial charge in [-0.05, 0) is 38.0 Å². The summed E-state index contributed by atoms with van der Waals surface area (Å²) in [7, 11) is -1.74. The number of aryl methyl sites for hydroxylation is 4. The first kappa shape index (κ1) is 14.7. The van der Waals surface area contributed by atoms with Crippen molar-refractivity contribution in [1.29, 1.82) is 0 Å². The first-order valence-corrected chi connectivity index (χ1v) is 7.84. The number of nitrogens with one attached hydrogen (secondary N) is 1. The maximum Gasteiger partial charge on any atom is 0.241 e. The summed E-state index contributed by atoms with van der Waals surface area (Å²) in [6.45, 7) is 5.82. The Kier molecular flexibility index (Phi) is 3.96. The number of rotatable bonds is 4. The van der Waals surface area contributed by atoms with E-state index in [2.05, 4.69) is 9.82 Å². The lowest BCUT2D eigenvalue weighted by Gasteiger charge is -2.13. The average molecular weight is 293 g/mol. The van der Waals surface area contributed by atoms with Crippen LogP contribution in [-0.2, 0) is 23.6 Å². The maximum absolute atomic E-state index is 12.5. The van der Waals surface area contributed by atoms with Gasteiger partial charge >= 0.3 is 0 Å². The molecule has 0 spiro atoms. The molecule has 6 heteroatoms. The average Bonchev–Trinajstić information content (AvgIpc) is 2.70. The molecule has 0 saturated heterocycles. The van der Waals surface area contributed by atoms with Crippen LogP contribution in [0.4, 0.5) is 0 Å². The normalized spacial score (nSPS) is 11.8. The monoisotopic (exact) mass is 293 g/mol. The van der Waals surface area contributed by atoms with Crippen molar-refractivity contribution in [3.63, 3.8) is 0 Å². The molecule has 20 heavy (non-hydrogen) atoms. The van der Waals surface area contributed by atoms with Gasteiger partial charge in [0.25, 0.3) is 0 Å². The van der Waals surface area contributed by atoms with E-state index in [1.807, 2.05) is 32.9 Å². The molecule has 1 heterocycles. The summed E-state index contributed by atoms with van der Waals surface area (Å²) in [5, 5.41) is 4.02. The molecule has 2 aromatic rings. The van der Waals surface area contributed by atoms with Gasteiger partial charge in [-0.25, -0.2) is 13.1 Å². The fraction of sp³-hybridized carbons (Fsp3) is 0.357. The zero-order valence-corrected chi connectivity index (χ0v) is 13.0. The molecule has 1 aromatic heterocycles. The Hall–Kier alpha value is -1.66. The van der Waals surface area contributed by atoms with Crippen LogP contribution in [0.2, 0.25) is 0 Å². The van der Waals surface area contributed by atoms with Crippen molar-refractivity contribution in [2.75, 3.05) is 0 Å². The van der Waals surface area contributed by atoms with Gasteiger partial charge in [0.2, 0.25) is 10.0 Å². The van der Waals surface area contributed by atoms with Gasteiger partial charge in [-0.2, -0.15) is 5.10 Å². The van der Waals surface area contributed by atoms with Crippen molar-refractivity contribution >= 4 is 10.0 Å². The Bertz CT molecular complexity index is 710. The standard InChI is InChI=1S/C14H19N3O2S/c1-10-7-11(2)14(12(3)8-10)20(18,19)16-9-13-5-6-15-17(13)4/h5-8,16H,9H2,1-4H3. The second-order valence-corrected chi connectivity index (χ2v) is 6.70. The van der Waals surface area contributed by atoms with Crippen molar-refractivity contribution in [1.82, 2.24) is 14.5 Å². The predicted octanol–water partition coefficient (Wildman–Crippen LogP) is 1.82. The zero-order valence-electron chi connectivity index (χ0n) is 12.1. The number of nitrogens with zero attached hydrogens (tertiary/aromatic N) is 2. The van der Waals surface area contributed by atoms with Crippen LogP contribution in [0.1, 0.15) is 22.4 Å². The van der Waals surface area contributed by atoms with Crippen LogP contribution >= 0.6 is 0 Å². The fourth-order valence-electron chi connectivity index (χ4n) is 2.41. The molecule has 0 unspecified atom stereocenters. The third-order valence-corrected chi connectivity index (χ3v) is 4.94. The summed E-state index contributed by atoms with van der Waals surface area (Å²) in [5.74, 6) is 0. The third-order valence-electron chi connectivity index (χ3n) is 3.24. The van der Waals surface area contributed by atoms with E-state index in [4.69, 9.17) is 0 Å². The molecule has 0 aliphatic rings. The number of benzene rings is 1. The molecule has 5 nitrogen and oxygen atoms in total. The molecule has 108 valence electrons. The zero-order chi connectivity index (χ0) is 14.9. The van der Waals surface area contributed by atoms with Crippen LogP contribution in [0.3, 0.4) is 0 Å². The molecule has 0 aliphatic carbocycles. The highest BCUT2D eigenvalue weighted by atomic mass is 32.2. The van der Waals surface area contributed by atoms with Gasteiger partial charge in [0.15, 0.2) is 0 Å². The van der Waals surface area contributed by atoms with E-state index in [9.17, 15) is 8.42 Å². The van der Waals surface area contributed by atoms with Gasteiger partial charge in [0.05, 0.1) is 17.1 Å². The molecule has 0 bridgehead atoms. The van der Waals surface area contributed by atoms with Crippen LogP contribution in [0.15, 0.2) is 29.3 Å². The van der Waals surface area contributed by atoms with Crippen LogP contribution in [0, 0.1) is 20.8 Å². The summed E-state index contributed by atoms with van der Waals surface area (Å²) in [6.07, 6.45) is 1.64. The summed E-state index contributed by atoms with van der Waals surface area (Å²) in [5.41, 5.74) is 3.40. The molecule has 0 amide bonds. The minimum Gasteiger partial charge on any atom is -0.271 e. The predicted molar refractivity (Wildman–Crippen MR) is 77.9 cm³/mol. The van der Waals surface area contributed by atoms with E-state index in [0.717, 1.165) is 22.4 Å². The Labute approximate surface area is 119 Å². The van der Waals surface area contributed by atoms with E-state index in [-0.39, 0.29) is 6.54 Å². The SMILES string of the molecule is Cc1cc(C)c(S(=O)(=O)NCc2ccnn2C)c(C)c1. The second-order valence-electron chi connectivity index (χ2n) is 5.00. The third kappa shape index (κ3) is 2.91. The van der Waals surface area contributed by atoms with E-state index < -0.39 is 10.0 Å². The van der Waals surface area contributed by atoms with E-state index in [1.165, 1.54) is 0 Å². The van der Waals surface area contributed by atoms with E-state index in [1.54, 1.807) is 24.0 Å². The van der Waals surface area contributed by atoms with Gasteiger partial charge < -0.3 is 0 Å². The Morgan fingerprint density at radius 1 is 1.20 bits per heavy atom. The first-order chi connectivity index (χ1) is 9.31. The molecule has 0 fully saturated rings. The molecular weight excluding hydrogens is 274 g/mol. The Balaban J connectivity index is 2.30. The molecule has 1 aromatic carbocycles. The molecule has 2 rings (SSSR count). The van der Waals surface area contributed by atoms with Gasteiger partial charge in [-0.3, -0.25) is 4.68 Å². The highest BCUT2D eigenvalue weighted by Gasteiger charge is 2.19. The lowest BCUT2D eigenvalue weighted by Crippen LogP contribution is -2.26. The molecule has 0 atom stereocenters. The largest absolute Gasteiger partial charge is 0.271 e. The van der Waals surface area contributed by atoms with Crippen LogP contribution in [0.25, 0.3) is 0 Å².